The fourth-order valence-corrected chi connectivity index (χ4v) is 2.40. The molecule has 0 heterocycles. The minimum atomic E-state index is -4.64. The molecule has 1 rings (SSSR count). The van der Waals surface area contributed by atoms with E-state index in [9.17, 15) is 18.6 Å². The second-order valence-electron chi connectivity index (χ2n) is 6.27. The third-order valence-electron chi connectivity index (χ3n) is 3.17. The van der Waals surface area contributed by atoms with Crippen LogP contribution in [0.2, 0.25) is 0 Å². The second-order valence-corrected chi connectivity index (χ2v) is 7.29. The second kappa shape index (κ2) is 6.45. The molecule has 8 heteroatoms. The van der Waals surface area contributed by atoms with Crippen molar-refractivity contribution in [3.05, 3.63) is 23.5 Å². The molecule has 122 valence electrons. The van der Waals surface area contributed by atoms with Gasteiger partial charge in [0.05, 0.1) is 13.2 Å². The van der Waals surface area contributed by atoms with Crippen LogP contribution in [0.1, 0.15) is 27.2 Å². The van der Waals surface area contributed by atoms with Gasteiger partial charge in [-0.25, -0.2) is 0 Å². The number of aliphatic hydroxyl groups is 2. The van der Waals surface area contributed by atoms with E-state index in [0.29, 0.717) is 12.1 Å². The van der Waals surface area contributed by atoms with Crippen LogP contribution in [0.3, 0.4) is 0 Å². The summed E-state index contributed by atoms with van der Waals surface area (Å²) in [7, 11) is -4.64. The predicted octanol–water partition coefficient (Wildman–Crippen LogP) is 0.379. The first kappa shape index (κ1) is 18.1. The molecule has 21 heavy (non-hydrogen) atoms. The molecule has 0 spiro atoms. The summed E-state index contributed by atoms with van der Waals surface area (Å²) >= 11 is 0. The molecule has 7 nitrogen and oxygen atoms in total. The Hall–Kier alpha value is -0.930. The molecule has 0 aromatic carbocycles. The van der Waals surface area contributed by atoms with Crippen LogP contribution in [-0.2, 0) is 14.6 Å². The van der Waals surface area contributed by atoms with Crippen molar-refractivity contribution in [1.29, 1.82) is 0 Å². The van der Waals surface area contributed by atoms with Crippen molar-refractivity contribution in [2.45, 2.75) is 32.7 Å². The number of hydrogen-bond acceptors (Lipinski definition) is 6. The van der Waals surface area contributed by atoms with Crippen LogP contribution in [0.4, 0.5) is 0 Å². The van der Waals surface area contributed by atoms with Crippen molar-refractivity contribution in [2.75, 3.05) is 19.8 Å². The molecule has 0 saturated heterocycles. The van der Waals surface area contributed by atoms with Crippen LogP contribution in [0, 0.1) is 5.41 Å². The first-order valence-electron chi connectivity index (χ1n) is 6.55. The van der Waals surface area contributed by atoms with E-state index >= 15 is 0 Å². The lowest BCUT2D eigenvalue weighted by Crippen LogP contribution is -2.45. The Morgan fingerprint density at radius 2 is 2.00 bits per heavy atom. The number of nitrogens with one attached hydrogen (secondary N) is 1. The number of aliphatic hydroxyl groups excluding tert-OH is 2. The largest absolute Gasteiger partial charge is 0.446 e. The molecule has 1 aliphatic rings. The van der Waals surface area contributed by atoms with E-state index in [1.807, 2.05) is 20.8 Å². The fourth-order valence-electron chi connectivity index (χ4n) is 2.00. The maximum absolute atomic E-state index is 10.8. The molecule has 0 aromatic rings. The van der Waals surface area contributed by atoms with Crippen molar-refractivity contribution >= 4 is 10.4 Å². The lowest BCUT2D eigenvalue weighted by molar-refractivity contribution is 0.147. The molecular weight excluding hydrogens is 298 g/mol. The van der Waals surface area contributed by atoms with Gasteiger partial charge >= 0.3 is 10.4 Å². The van der Waals surface area contributed by atoms with E-state index in [-0.39, 0.29) is 24.3 Å². The molecular formula is C13H23NO6S. The van der Waals surface area contributed by atoms with Gasteiger partial charge in [-0.05, 0) is 38.8 Å². The van der Waals surface area contributed by atoms with Gasteiger partial charge in [-0.15, -0.1) is 0 Å². The average molecular weight is 321 g/mol. The first-order valence-corrected chi connectivity index (χ1v) is 7.92. The van der Waals surface area contributed by atoms with Crippen LogP contribution < -0.4 is 5.32 Å². The van der Waals surface area contributed by atoms with Gasteiger partial charge in [-0.2, -0.15) is 8.42 Å². The molecule has 1 atom stereocenters. The van der Waals surface area contributed by atoms with Gasteiger partial charge in [0.15, 0.2) is 0 Å². The Balaban J connectivity index is 2.95. The molecule has 0 radical (unpaired) electrons. The first-order chi connectivity index (χ1) is 9.50. The smallest absolute Gasteiger partial charge is 0.395 e. The Kier molecular flexibility index (Phi) is 5.57. The maximum Gasteiger partial charge on any atom is 0.446 e. The minimum Gasteiger partial charge on any atom is -0.395 e. The highest BCUT2D eigenvalue weighted by atomic mass is 32.3. The molecule has 0 bridgehead atoms. The van der Waals surface area contributed by atoms with Crippen LogP contribution in [0.5, 0.6) is 0 Å². The summed E-state index contributed by atoms with van der Waals surface area (Å²) in [5.74, 6) is -0.111. The van der Waals surface area contributed by atoms with Crippen molar-refractivity contribution in [3.8, 4) is 0 Å². The molecule has 1 unspecified atom stereocenters. The van der Waals surface area contributed by atoms with Gasteiger partial charge in [0, 0.05) is 17.5 Å². The van der Waals surface area contributed by atoms with Crippen LogP contribution in [0.15, 0.2) is 23.5 Å². The van der Waals surface area contributed by atoms with E-state index in [1.165, 1.54) is 6.08 Å². The number of allylic oxidation sites excluding steroid dienone is 1. The van der Waals surface area contributed by atoms with E-state index < -0.39 is 22.4 Å². The van der Waals surface area contributed by atoms with Gasteiger partial charge < -0.3 is 19.7 Å². The molecule has 4 N–H and O–H groups in total. The lowest BCUT2D eigenvalue weighted by atomic mass is 9.78. The van der Waals surface area contributed by atoms with Crippen molar-refractivity contribution in [1.82, 2.24) is 5.32 Å². The maximum atomic E-state index is 10.8. The van der Waals surface area contributed by atoms with Crippen LogP contribution in [0.25, 0.3) is 0 Å². The standard InChI is InChI=1S/C13H23NO6S/c1-12(2,3)14-8-13(9-16)5-4-11(10(6-13)7-15)20-21(17,18)19/h4-5,14-16H,6-9H2,1-3H3,(H,17,18,19). The van der Waals surface area contributed by atoms with Gasteiger partial charge in [0.25, 0.3) is 0 Å². The molecule has 1 aliphatic carbocycles. The summed E-state index contributed by atoms with van der Waals surface area (Å²) in [6.45, 7) is 5.81. The molecule has 0 saturated carbocycles. The van der Waals surface area contributed by atoms with E-state index in [0.717, 1.165) is 0 Å². The molecule has 0 fully saturated rings. The van der Waals surface area contributed by atoms with Crippen molar-refractivity contribution in [3.63, 3.8) is 0 Å². The average Bonchev–Trinajstić information content (AvgIpc) is 2.35. The van der Waals surface area contributed by atoms with E-state index in [4.69, 9.17) is 4.55 Å². The van der Waals surface area contributed by atoms with Crippen LogP contribution in [-0.4, -0.2) is 48.5 Å². The summed E-state index contributed by atoms with van der Waals surface area (Å²) in [5, 5.41) is 22.3. The predicted molar refractivity (Wildman–Crippen MR) is 77.8 cm³/mol. The zero-order chi connectivity index (χ0) is 16.3. The summed E-state index contributed by atoms with van der Waals surface area (Å²) < 4.78 is 34.7. The van der Waals surface area contributed by atoms with E-state index in [1.54, 1.807) is 6.08 Å². The summed E-state index contributed by atoms with van der Waals surface area (Å²) in [6, 6.07) is 0. The fraction of sp³-hybridized carbons (Fsp3) is 0.692. The third-order valence-corrected chi connectivity index (χ3v) is 3.56. The Morgan fingerprint density at radius 1 is 1.38 bits per heavy atom. The van der Waals surface area contributed by atoms with Gasteiger partial charge in [0.1, 0.15) is 5.76 Å². The highest BCUT2D eigenvalue weighted by Crippen LogP contribution is 2.34. The highest BCUT2D eigenvalue weighted by molar-refractivity contribution is 7.81. The monoisotopic (exact) mass is 321 g/mol. The highest BCUT2D eigenvalue weighted by Gasteiger charge is 2.33. The van der Waals surface area contributed by atoms with Crippen molar-refractivity contribution in [2.24, 2.45) is 5.41 Å². The van der Waals surface area contributed by atoms with Crippen molar-refractivity contribution < 1.29 is 27.4 Å². The summed E-state index contributed by atoms with van der Waals surface area (Å²) in [6.07, 6.45) is 3.21. The molecule has 0 aliphatic heterocycles. The van der Waals surface area contributed by atoms with E-state index in [2.05, 4.69) is 9.50 Å². The number of rotatable bonds is 6. The zero-order valence-corrected chi connectivity index (χ0v) is 13.3. The van der Waals surface area contributed by atoms with Gasteiger partial charge in [-0.3, -0.25) is 4.55 Å². The minimum absolute atomic E-state index is 0.111. The third kappa shape index (κ3) is 5.76. The van der Waals surface area contributed by atoms with Gasteiger partial charge in [0.2, 0.25) is 0 Å². The SMILES string of the molecule is CC(C)(C)NCC1(CO)C=CC(OS(=O)(=O)O)=C(CO)C1. The quantitative estimate of drug-likeness (QED) is 0.523. The Bertz CT molecular complexity index is 531. The number of hydrogen-bond donors (Lipinski definition) is 4. The van der Waals surface area contributed by atoms with Crippen LogP contribution >= 0.6 is 0 Å². The summed E-state index contributed by atoms with van der Waals surface area (Å²) in [4.78, 5) is 0. The lowest BCUT2D eigenvalue weighted by Gasteiger charge is -2.35. The molecule has 0 amide bonds. The normalized spacial score (nSPS) is 23.5. The Labute approximate surface area is 125 Å². The Morgan fingerprint density at radius 3 is 2.43 bits per heavy atom. The summed E-state index contributed by atoms with van der Waals surface area (Å²) in [5.41, 5.74) is -0.498. The molecule has 0 aromatic heterocycles. The zero-order valence-electron chi connectivity index (χ0n) is 12.5. The van der Waals surface area contributed by atoms with Gasteiger partial charge in [-0.1, -0.05) is 6.08 Å². The topological polar surface area (TPSA) is 116 Å².